The fourth-order valence-electron chi connectivity index (χ4n) is 5.08. The van der Waals surface area contributed by atoms with Crippen molar-refractivity contribution >= 4 is 17.5 Å². The minimum atomic E-state index is -0.976. The van der Waals surface area contributed by atoms with E-state index < -0.39 is 6.04 Å². The number of hydrogen-bond acceptors (Lipinski definition) is 7. The van der Waals surface area contributed by atoms with Crippen molar-refractivity contribution in [2.24, 2.45) is 0 Å². The Hall–Kier alpha value is -4.47. The molecule has 0 bridgehead atoms. The van der Waals surface area contributed by atoms with Crippen molar-refractivity contribution in [3.8, 4) is 17.3 Å². The molecule has 202 valence electrons. The molecule has 39 heavy (non-hydrogen) atoms. The first-order valence-electron chi connectivity index (χ1n) is 13.1. The summed E-state index contributed by atoms with van der Waals surface area (Å²) in [7, 11) is 0. The molecule has 4 aromatic rings. The summed E-state index contributed by atoms with van der Waals surface area (Å²) >= 11 is 0. The summed E-state index contributed by atoms with van der Waals surface area (Å²) in [5, 5.41) is 25.5. The Bertz CT molecular complexity index is 1470. The first-order valence-corrected chi connectivity index (χ1v) is 13.1. The van der Waals surface area contributed by atoms with Gasteiger partial charge in [0.1, 0.15) is 24.1 Å². The normalized spacial score (nSPS) is 14.3. The number of phenolic OH excluding ortho intramolecular Hbond substituents is 1. The molecule has 2 aromatic carbocycles. The van der Waals surface area contributed by atoms with E-state index in [-0.39, 0.29) is 36.0 Å². The average Bonchev–Trinajstić information content (AvgIpc) is 3.67. The molecule has 2 N–H and O–H groups in total. The number of tetrazole rings is 1. The van der Waals surface area contributed by atoms with Crippen molar-refractivity contribution in [1.29, 1.82) is 0 Å². The van der Waals surface area contributed by atoms with Gasteiger partial charge in [-0.3, -0.25) is 14.5 Å². The van der Waals surface area contributed by atoms with Crippen LogP contribution in [0.1, 0.15) is 54.2 Å². The van der Waals surface area contributed by atoms with Gasteiger partial charge in [-0.25, -0.2) is 0 Å². The first-order chi connectivity index (χ1) is 18.8. The summed E-state index contributed by atoms with van der Waals surface area (Å²) in [4.78, 5) is 30.7. The molecular formula is C29H32N6O4. The molecule has 1 aliphatic carbocycles. The maximum atomic E-state index is 14.1. The standard InChI is InChI=1S/C29H32N6O4/c1-18-8-14-24(19(2)16-18)35(26(37)17-34-32-28(31-33-34)25-15-9-20(3)39-25)27(21-10-12-23(36)13-11-21)29(38)30-22-6-4-5-7-22/h8-16,22,27,36H,4-7,17H2,1-3H3,(H,30,38). The molecule has 0 saturated heterocycles. The number of carbonyl (C=O) groups excluding carboxylic acids is 2. The fraction of sp³-hybridized carbons (Fsp3) is 0.345. The van der Waals surface area contributed by atoms with E-state index in [2.05, 4.69) is 20.7 Å². The molecule has 1 fully saturated rings. The van der Waals surface area contributed by atoms with Crippen LogP contribution >= 0.6 is 0 Å². The van der Waals surface area contributed by atoms with Crippen LogP contribution in [-0.2, 0) is 16.1 Å². The van der Waals surface area contributed by atoms with Crippen LogP contribution in [0.2, 0.25) is 0 Å². The lowest BCUT2D eigenvalue weighted by Gasteiger charge is -2.33. The maximum absolute atomic E-state index is 14.1. The predicted molar refractivity (Wildman–Crippen MR) is 145 cm³/mol. The van der Waals surface area contributed by atoms with Crippen molar-refractivity contribution in [2.75, 3.05) is 4.90 Å². The Morgan fingerprint density at radius 1 is 1.08 bits per heavy atom. The monoisotopic (exact) mass is 528 g/mol. The van der Waals surface area contributed by atoms with E-state index in [0.29, 0.717) is 22.8 Å². The number of carbonyl (C=O) groups is 2. The van der Waals surface area contributed by atoms with Gasteiger partial charge in [0.2, 0.25) is 11.7 Å². The summed E-state index contributed by atoms with van der Waals surface area (Å²) in [6, 6.07) is 14.7. The molecule has 2 amide bonds. The van der Waals surface area contributed by atoms with Crippen LogP contribution in [0.5, 0.6) is 5.75 Å². The molecule has 2 aromatic heterocycles. The molecule has 1 saturated carbocycles. The summed E-state index contributed by atoms with van der Waals surface area (Å²) in [5.41, 5.74) is 3.07. The minimum Gasteiger partial charge on any atom is -0.508 e. The van der Waals surface area contributed by atoms with E-state index in [9.17, 15) is 14.7 Å². The van der Waals surface area contributed by atoms with Gasteiger partial charge in [0.15, 0.2) is 5.76 Å². The Kier molecular flexibility index (Phi) is 7.44. The van der Waals surface area contributed by atoms with Crippen LogP contribution in [0.25, 0.3) is 11.6 Å². The van der Waals surface area contributed by atoms with Crippen LogP contribution in [0.15, 0.2) is 59.0 Å². The number of amides is 2. The number of furan rings is 1. The highest BCUT2D eigenvalue weighted by molar-refractivity contribution is 6.01. The van der Waals surface area contributed by atoms with Crippen LogP contribution in [-0.4, -0.2) is 43.2 Å². The molecule has 2 heterocycles. The van der Waals surface area contributed by atoms with Crippen LogP contribution in [0.4, 0.5) is 5.69 Å². The molecule has 0 aliphatic heterocycles. The second kappa shape index (κ2) is 11.1. The second-order valence-corrected chi connectivity index (χ2v) is 10.1. The topological polar surface area (TPSA) is 126 Å². The third kappa shape index (κ3) is 5.84. The van der Waals surface area contributed by atoms with E-state index in [1.54, 1.807) is 24.3 Å². The highest BCUT2D eigenvalue weighted by atomic mass is 16.3. The van der Waals surface area contributed by atoms with Gasteiger partial charge in [-0.1, -0.05) is 42.7 Å². The molecule has 0 spiro atoms. The quantitative estimate of drug-likeness (QED) is 0.347. The second-order valence-electron chi connectivity index (χ2n) is 10.1. The Labute approximate surface area is 226 Å². The number of aromatic hydroxyl groups is 1. The summed E-state index contributed by atoms with van der Waals surface area (Å²) in [6.45, 7) is 5.46. The highest BCUT2D eigenvalue weighted by Gasteiger charge is 2.35. The number of nitrogens with one attached hydrogen (secondary N) is 1. The molecule has 0 radical (unpaired) electrons. The number of nitrogens with zero attached hydrogens (tertiary/aromatic N) is 5. The summed E-state index contributed by atoms with van der Waals surface area (Å²) < 4.78 is 5.58. The minimum absolute atomic E-state index is 0.0597. The fourth-order valence-corrected chi connectivity index (χ4v) is 5.08. The van der Waals surface area contributed by atoms with Crippen molar-refractivity contribution in [3.05, 3.63) is 77.0 Å². The van der Waals surface area contributed by atoms with Crippen molar-refractivity contribution in [2.45, 2.75) is 65.1 Å². The third-order valence-corrected chi connectivity index (χ3v) is 6.99. The van der Waals surface area contributed by atoms with Gasteiger partial charge in [0.05, 0.1) is 0 Å². The zero-order valence-corrected chi connectivity index (χ0v) is 22.3. The number of phenols is 1. The molecular weight excluding hydrogens is 496 g/mol. The number of aryl methyl sites for hydroxylation is 3. The van der Waals surface area contributed by atoms with E-state index >= 15 is 0 Å². The highest BCUT2D eigenvalue weighted by Crippen LogP contribution is 2.33. The van der Waals surface area contributed by atoms with Crippen LogP contribution in [0, 0.1) is 20.8 Å². The van der Waals surface area contributed by atoms with Crippen molar-refractivity contribution in [1.82, 2.24) is 25.5 Å². The maximum Gasteiger partial charge on any atom is 0.251 e. The SMILES string of the molecule is Cc1ccc(N(C(=O)Cn2nnc(-c3ccc(C)o3)n2)C(C(=O)NC2CCCC2)c2ccc(O)cc2)c(C)c1. The van der Waals surface area contributed by atoms with Gasteiger partial charge in [-0.15, -0.1) is 10.2 Å². The molecule has 1 aliphatic rings. The van der Waals surface area contributed by atoms with E-state index in [1.807, 2.05) is 39.0 Å². The predicted octanol–water partition coefficient (Wildman–Crippen LogP) is 4.40. The Morgan fingerprint density at radius 2 is 1.82 bits per heavy atom. The number of aromatic nitrogens is 4. The van der Waals surface area contributed by atoms with Gasteiger partial charge < -0.3 is 14.8 Å². The van der Waals surface area contributed by atoms with Gasteiger partial charge in [0.25, 0.3) is 5.91 Å². The molecule has 10 heteroatoms. The number of anilines is 1. The lowest BCUT2D eigenvalue weighted by atomic mass is 10.0. The largest absolute Gasteiger partial charge is 0.508 e. The van der Waals surface area contributed by atoms with Gasteiger partial charge in [-0.2, -0.15) is 4.80 Å². The van der Waals surface area contributed by atoms with Gasteiger partial charge in [0, 0.05) is 11.7 Å². The summed E-state index contributed by atoms with van der Waals surface area (Å²) in [6.07, 6.45) is 3.93. The number of hydrogen-bond donors (Lipinski definition) is 2. The van der Waals surface area contributed by atoms with Crippen LogP contribution in [0.3, 0.4) is 0 Å². The van der Waals surface area contributed by atoms with E-state index in [4.69, 9.17) is 4.42 Å². The third-order valence-electron chi connectivity index (χ3n) is 6.99. The lowest BCUT2D eigenvalue weighted by Crippen LogP contribution is -2.47. The average molecular weight is 529 g/mol. The number of benzene rings is 2. The van der Waals surface area contributed by atoms with Crippen molar-refractivity contribution in [3.63, 3.8) is 0 Å². The molecule has 10 nitrogen and oxygen atoms in total. The molecule has 1 unspecified atom stereocenters. The van der Waals surface area contributed by atoms with E-state index in [0.717, 1.165) is 36.8 Å². The smallest absolute Gasteiger partial charge is 0.251 e. The Morgan fingerprint density at radius 3 is 2.49 bits per heavy atom. The summed E-state index contributed by atoms with van der Waals surface area (Å²) in [5.74, 6) is 0.841. The van der Waals surface area contributed by atoms with E-state index in [1.165, 1.54) is 21.8 Å². The zero-order valence-electron chi connectivity index (χ0n) is 22.3. The lowest BCUT2D eigenvalue weighted by molar-refractivity contribution is -0.127. The number of rotatable bonds is 8. The van der Waals surface area contributed by atoms with Crippen molar-refractivity contribution < 1.29 is 19.1 Å². The molecule has 1 atom stereocenters. The molecule has 5 rings (SSSR count). The first kappa shape index (κ1) is 26.1. The van der Waals surface area contributed by atoms with Gasteiger partial charge in [-0.05, 0) is 80.3 Å². The van der Waals surface area contributed by atoms with Gasteiger partial charge >= 0.3 is 0 Å². The van der Waals surface area contributed by atoms with Crippen LogP contribution < -0.4 is 10.2 Å². The zero-order chi connectivity index (χ0) is 27.5. The Balaban J connectivity index is 1.53.